The maximum atomic E-state index is 13.1. The summed E-state index contributed by atoms with van der Waals surface area (Å²) in [6.07, 6.45) is 0.897. The highest BCUT2D eigenvalue weighted by atomic mass is 16.5. The number of ketones is 1. The van der Waals surface area contributed by atoms with Crippen LogP contribution in [-0.2, 0) is 9.59 Å². The lowest BCUT2D eigenvalue weighted by Crippen LogP contribution is -2.35. The highest BCUT2D eigenvalue weighted by Crippen LogP contribution is 2.40. The van der Waals surface area contributed by atoms with Crippen LogP contribution in [0.4, 0.5) is 0 Å². The first-order valence-electron chi connectivity index (χ1n) is 11.7. The molecule has 1 amide bonds. The maximum absolute atomic E-state index is 13.1. The van der Waals surface area contributed by atoms with Crippen LogP contribution in [-0.4, -0.2) is 67.0 Å². The molecule has 7 nitrogen and oxygen atoms in total. The zero-order chi connectivity index (χ0) is 24.8. The molecule has 1 saturated heterocycles. The van der Waals surface area contributed by atoms with Crippen LogP contribution >= 0.6 is 0 Å². The van der Waals surface area contributed by atoms with Crippen LogP contribution in [0.2, 0.25) is 0 Å². The fourth-order valence-corrected chi connectivity index (χ4v) is 4.00. The average molecular weight is 467 g/mol. The number of carbonyl (C=O) groups is 2. The molecule has 1 unspecified atom stereocenters. The van der Waals surface area contributed by atoms with Crippen LogP contribution in [0, 0.1) is 6.92 Å². The number of rotatable bonds is 10. The van der Waals surface area contributed by atoms with E-state index in [9.17, 15) is 14.7 Å². The summed E-state index contributed by atoms with van der Waals surface area (Å²) in [7, 11) is 3.82. The van der Waals surface area contributed by atoms with Crippen molar-refractivity contribution in [3.63, 3.8) is 0 Å². The van der Waals surface area contributed by atoms with Crippen molar-refractivity contribution < 1.29 is 24.2 Å². The quantitative estimate of drug-likeness (QED) is 0.322. The monoisotopic (exact) mass is 466 g/mol. The topological polar surface area (TPSA) is 79.3 Å². The molecule has 0 bridgehead atoms. The second-order valence-corrected chi connectivity index (χ2v) is 8.63. The summed E-state index contributed by atoms with van der Waals surface area (Å²) in [5, 5.41) is 11.3. The Morgan fingerprint density at radius 3 is 2.35 bits per heavy atom. The van der Waals surface area contributed by atoms with Crippen molar-refractivity contribution in [3.05, 3.63) is 64.7 Å². The van der Waals surface area contributed by atoms with E-state index in [2.05, 4.69) is 0 Å². The van der Waals surface area contributed by atoms with E-state index in [1.807, 2.05) is 64.0 Å². The number of hydrogen-bond acceptors (Lipinski definition) is 6. The lowest BCUT2D eigenvalue weighted by molar-refractivity contribution is -0.140. The summed E-state index contributed by atoms with van der Waals surface area (Å²) in [6, 6.07) is 11.9. The smallest absolute Gasteiger partial charge is 0.295 e. The molecule has 3 rings (SSSR count). The molecule has 0 aliphatic carbocycles. The van der Waals surface area contributed by atoms with Gasteiger partial charge in [0.05, 0.1) is 24.8 Å². The van der Waals surface area contributed by atoms with Gasteiger partial charge in [-0.3, -0.25) is 9.59 Å². The number of amides is 1. The summed E-state index contributed by atoms with van der Waals surface area (Å²) >= 11 is 0. The van der Waals surface area contributed by atoms with Crippen molar-refractivity contribution in [1.82, 2.24) is 9.80 Å². The van der Waals surface area contributed by atoms with Gasteiger partial charge >= 0.3 is 0 Å². The van der Waals surface area contributed by atoms with Gasteiger partial charge in [0, 0.05) is 18.7 Å². The van der Waals surface area contributed by atoms with Crippen LogP contribution in [0.1, 0.15) is 43.0 Å². The molecule has 0 aromatic heterocycles. The van der Waals surface area contributed by atoms with E-state index in [1.54, 1.807) is 18.2 Å². The highest BCUT2D eigenvalue weighted by Gasteiger charge is 2.45. The number of ether oxygens (including phenoxy) is 2. The van der Waals surface area contributed by atoms with Crippen molar-refractivity contribution in [2.75, 3.05) is 40.4 Å². The minimum absolute atomic E-state index is 0.0922. The number of aliphatic hydroxyl groups excluding tert-OH is 1. The lowest BCUT2D eigenvalue weighted by atomic mass is 9.94. The summed E-state index contributed by atoms with van der Waals surface area (Å²) in [5.41, 5.74) is 2.14. The van der Waals surface area contributed by atoms with Crippen LogP contribution in [0.25, 0.3) is 5.76 Å². The molecule has 1 atom stereocenters. The average Bonchev–Trinajstić information content (AvgIpc) is 3.07. The molecule has 2 aromatic carbocycles. The van der Waals surface area contributed by atoms with Crippen molar-refractivity contribution >= 4 is 17.4 Å². The Bertz CT molecular complexity index is 1060. The van der Waals surface area contributed by atoms with Gasteiger partial charge in [-0.15, -0.1) is 0 Å². The fraction of sp³-hybridized carbons (Fsp3) is 0.407. The molecule has 1 aliphatic heterocycles. The van der Waals surface area contributed by atoms with Crippen molar-refractivity contribution in [2.24, 2.45) is 0 Å². The van der Waals surface area contributed by atoms with Gasteiger partial charge in [-0.2, -0.15) is 0 Å². The largest absolute Gasteiger partial charge is 0.507 e. The molecule has 0 spiro atoms. The van der Waals surface area contributed by atoms with E-state index < -0.39 is 17.7 Å². The van der Waals surface area contributed by atoms with Crippen LogP contribution < -0.4 is 9.47 Å². The van der Waals surface area contributed by atoms with Crippen molar-refractivity contribution in [1.29, 1.82) is 0 Å². The van der Waals surface area contributed by atoms with Gasteiger partial charge in [-0.1, -0.05) is 19.1 Å². The number of hydrogen-bond donors (Lipinski definition) is 1. The Morgan fingerprint density at radius 1 is 1.06 bits per heavy atom. The van der Waals surface area contributed by atoms with Gasteiger partial charge < -0.3 is 24.4 Å². The Kier molecular flexibility index (Phi) is 8.34. The number of likely N-dealkylation sites (N-methyl/N-ethyl adjacent to an activating group) is 1. The number of benzene rings is 2. The van der Waals surface area contributed by atoms with Crippen molar-refractivity contribution in [2.45, 2.75) is 33.2 Å². The van der Waals surface area contributed by atoms with Gasteiger partial charge in [0.1, 0.15) is 17.3 Å². The van der Waals surface area contributed by atoms with E-state index >= 15 is 0 Å². The van der Waals surface area contributed by atoms with E-state index in [0.29, 0.717) is 37.6 Å². The Labute approximate surface area is 201 Å². The zero-order valence-electron chi connectivity index (χ0n) is 20.6. The summed E-state index contributed by atoms with van der Waals surface area (Å²) in [6.45, 7) is 7.90. The maximum Gasteiger partial charge on any atom is 0.295 e. The first kappa shape index (κ1) is 25.3. The van der Waals surface area contributed by atoms with Gasteiger partial charge in [0.25, 0.3) is 11.7 Å². The number of likely N-dealkylation sites (tertiary alicyclic amines) is 1. The molecule has 7 heteroatoms. The molecule has 1 aliphatic rings. The fourth-order valence-electron chi connectivity index (χ4n) is 4.00. The number of aryl methyl sites for hydroxylation is 1. The second-order valence-electron chi connectivity index (χ2n) is 8.63. The zero-order valence-corrected chi connectivity index (χ0v) is 20.6. The van der Waals surface area contributed by atoms with Crippen LogP contribution in [0.15, 0.2) is 48.0 Å². The number of aliphatic hydroxyl groups is 1. The molecule has 34 heavy (non-hydrogen) atoms. The predicted molar refractivity (Wildman–Crippen MR) is 132 cm³/mol. The molecule has 0 radical (unpaired) electrons. The Morgan fingerprint density at radius 2 is 1.76 bits per heavy atom. The molecule has 182 valence electrons. The SMILES string of the molecule is CCCOc1ccc(C2C(=C(O)c3ccc(OCC)c(C)c3)C(=O)C(=O)N2CCN(C)C)cc1. The van der Waals surface area contributed by atoms with Crippen molar-refractivity contribution in [3.8, 4) is 11.5 Å². The van der Waals surface area contributed by atoms with Crippen LogP contribution in [0.5, 0.6) is 11.5 Å². The standard InChI is InChI=1S/C27H34N2O5/c1-6-16-34-21-11-8-19(9-12-21)24-23(26(31)27(32)29(24)15-14-28(4)5)25(30)20-10-13-22(33-7-2)18(3)17-20/h8-13,17,24,30H,6-7,14-16H2,1-5H3. The van der Waals surface area contributed by atoms with E-state index in [4.69, 9.17) is 9.47 Å². The minimum Gasteiger partial charge on any atom is -0.507 e. The molecule has 1 N–H and O–H groups in total. The number of Topliss-reactive ketones (excluding diaryl/α,β-unsaturated/α-hetero) is 1. The van der Waals surface area contributed by atoms with E-state index in [-0.39, 0.29) is 11.3 Å². The molecule has 2 aromatic rings. The Balaban J connectivity index is 2.07. The third-order valence-corrected chi connectivity index (χ3v) is 5.74. The van der Waals surface area contributed by atoms with Gasteiger partial charge in [-0.05, 0) is 75.8 Å². The van der Waals surface area contributed by atoms with E-state index in [1.165, 1.54) is 4.90 Å². The minimum atomic E-state index is -0.688. The lowest BCUT2D eigenvalue weighted by Gasteiger charge is -2.26. The summed E-state index contributed by atoms with van der Waals surface area (Å²) < 4.78 is 11.3. The summed E-state index contributed by atoms with van der Waals surface area (Å²) in [4.78, 5) is 29.7. The van der Waals surface area contributed by atoms with Crippen LogP contribution in [0.3, 0.4) is 0 Å². The number of nitrogens with zero attached hydrogens (tertiary/aromatic N) is 2. The third-order valence-electron chi connectivity index (χ3n) is 5.74. The molecule has 0 saturated carbocycles. The van der Waals surface area contributed by atoms with Gasteiger partial charge in [0.2, 0.25) is 0 Å². The first-order chi connectivity index (χ1) is 16.3. The molecule has 1 fully saturated rings. The molecular weight excluding hydrogens is 432 g/mol. The van der Waals surface area contributed by atoms with E-state index in [0.717, 1.165) is 23.3 Å². The predicted octanol–water partition coefficient (Wildman–Crippen LogP) is 4.17. The second kappa shape index (κ2) is 11.2. The number of carbonyl (C=O) groups excluding carboxylic acids is 2. The third kappa shape index (κ3) is 5.42. The normalized spacial score (nSPS) is 17.5. The summed E-state index contributed by atoms with van der Waals surface area (Å²) in [5.74, 6) is -0.0442. The molecule has 1 heterocycles. The van der Waals surface area contributed by atoms with Gasteiger partial charge in [0.15, 0.2) is 0 Å². The molecular formula is C27H34N2O5. The highest BCUT2D eigenvalue weighted by molar-refractivity contribution is 6.46. The Hall–Kier alpha value is -3.32. The van der Waals surface area contributed by atoms with Gasteiger partial charge in [-0.25, -0.2) is 0 Å². The first-order valence-corrected chi connectivity index (χ1v) is 11.7.